The van der Waals surface area contributed by atoms with Gasteiger partial charge in [-0.05, 0) is 36.2 Å². The summed E-state index contributed by atoms with van der Waals surface area (Å²) in [6.45, 7) is 2.16. The van der Waals surface area contributed by atoms with Crippen LogP contribution in [0.1, 0.15) is 43.6 Å². The number of carbonyl (C=O) groups is 1. The van der Waals surface area contributed by atoms with Crippen LogP contribution >= 0.6 is 0 Å². The molecule has 0 spiro atoms. The minimum absolute atomic E-state index is 0.0517. The van der Waals surface area contributed by atoms with Crippen LogP contribution in [0.5, 0.6) is 0 Å². The third-order valence-corrected chi connectivity index (χ3v) is 5.96. The maximum atomic E-state index is 13.0. The van der Waals surface area contributed by atoms with Gasteiger partial charge in [-0.2, -0.15) is 0 Å². The smallest absolute Gasteiger partial charge is 0.228 e. The zero-order valence-electron chi connectivity index (χ0n) is 13.1. The van der Waals surface area contributed by atoms with E-state index in [0.29, 0.717) is 23.8 Å². The lowest BCUT2D eigenvalue weighted by atomic mass is 9.76. The molecule has 1 aliphatic heterocycles. The Balaban J connectivity index is 1.50. The molecule has 0 aromatic heterocycles. The first-order valence-electron chi connectivity index (χ1n) is 8.90. The lowest BCUT2D eigenvalue weighted by molar-refractivity contribution is -0.124. The summed E-state index contributed by atoms with van der Waals surface area (Å²) in [6.07, 6.45) is 6.29. The van der Waals surface area contributed by atoms with Crippen molar-refractivity contribution in [3.8, 4) is 0 Å². The molecule has 3 heteroatoms. The standard InChI is InChI=1S/C19H26N2O/c22-19(21-18-15-11-20-12-16(15)18)17(13-7-3-1-4-8-13)14-9-5-2-6-10-14/h1,3-4,7-8,14-18,20H,2,5-6,9-12H2,(H,21,22). The van der Waals surface area contributed by atoms with Crippen LogP contribution in [0.15, 0.2) is 30.3 Å². The molecular formula is C19H26N2O. The number of rotatable bonds is 4. The number of fused-ring (bicyclic) bond motifs is 1. The van der Waals surface area contributed by atoms with Crippen molar-refractivity contribution >= 4 is 5.91 Å². The maximum absolute atomic E-state index is 13.0. The van der Waals surface area contributed by atoms with E-state index in [1.54, 1.807) is 0 Å². The lowest BCUT2D eigenvalue weighted by Gasteiger charge is -2.30. The molecule has 1 amide bonds. The first kappa shape index (κ1) is 14.3. The van der Waals surface area contributed by atoms with Crippen LogP contribution in [0.2, 0.25) is 0 Å². The van der Waals surface area contributed by atoms with E-state index < -0.39 is 0 Å². The fourth-order valence-corrected chi connectivity index (χ4v) is 4.65. The number of hydrogen-bond acceptors (Lipinski definition) is 2. The van der Waals surface area contributed by atoms with Crippen molar-refractivity contribution in [1.82, 2.24) is 10.6 Å². The predicted molar refractivity (Wildman–Crippen MR) is 87.5 cm³/mol. The van der Waals surface area contributed by atoms with E-state index >= 15 is 0 Å². The van der Waals surface area contributed by atoms with E-state index in [1.165, 1.54) is 37.7 Å². The molecule has 3 unspecified atom stereocenters. The number of hydrogen-bond donors (Lipinski definition) is 2. The quantitative estimate of drug-likeness (QED) is 0.897. The molecule has 3 aliphatic rings. The highest BCUT2D eigenvalue weighted by Crippen LogP contribution is 2.43. The summed E-state index contributed by atoms with van der Waals surface area (Å²) in [6, 6.07) is 10.9. The third-order valence-electron chi connectivity index (χ3n) is 5.96. The van der Waals surface area contributed by atoms with E-state index in [-0.39, 0.29) is 11.8 Å². The van der Waals surface area contributed by atoms with Gasteiger partial charge in [0.25, 0.3) is 0 Å². The van der Waals surface area contributed by atoms with Gasteiger partial charge in [-0.3, -0.25) is 4.79 Å². The second-order valence-electron chi connectivity index (χ2n) is 7.31. The summed E-state index contributed by atoms with van der Waals surface area (Å²) in [5, 5.41) is 6.77. The summed E-state index contributed by atoms with van der Waals surface area (Å²) in [5.74, 6) is 2.22. The van der Waals surface area contributed by atoms with Crippen molar-refractivity contribution in [3.63, 3.8) is 0 Å². The van der Waals surface area contributed by atoms with Gasteiger partial charge in [0.15, 0.2) is 0 Å². The molecule has 2 aliphatic carbocycles. The molecule has 3 atom stereocenters. The van der Waals surface area contributed by atoms with Crippen LogP contribution in [0.3, 0.4) is 0 Å². The van der Waals surface area contributed by atoms with E-state index in [0.717, 1.165) is 13.1 Å². The monoisotopic (exact) mass is 298 g/mol. The number of piperidine rings is 1. The van der Waals surface area contributed by atoms with Crippen molar-refractivity contribution in [2.45, 2.75) is 44.1 Å². The first-order chi connectivity index (χ1) is 10.8. The van der Waals surface area contributed by atoms with Crippen LogP contribution in [-0.2, 0) is 4.79 Å². The van der Waals surface area contributed by atoms with Crippen molar-refractivity contribution in [2.75, 3.05) is 13.1 Å². The first-order valence-corrected chi connectivity index (χ1v) is 8.90. The fourth-order valence-electron chi connectivity index (χ4n) is 4.65. The van der Waals surface area contributed by atoms with Crippen LogP contribution in [0, 0.1) is 17.8 Å². The van der Waals surface area contributed by atoms with Gasteiger partial charge in [0, 0.05) is 19.1 Å². The third kappa shape index (κ3) is 2.67. The minimum Gasteiger partial charge on any atom is -0.352 e. The molecule has 0 bridgehead atoms. The minimum atomic E-state index is 0.0517. The van der Waals surface area contributed by atoms with Crippen LogP contribution in [0.25, 0.3) is 0 Å². The van der Waals surface area contributed by atoms with Crippen LogP contribution in [0.4, 0.5) is 0 Å². The second-order valence-corrected chi connectivity index (χ2v) is 7.31. The molecule has 1 saturated heterocycles. The Morgan fingerprint density at radius 3 is 2.41 bits per heavy atom. The molecule has 0 radical (unpaired) electrons. The van der Waals surface area contributed by atoms with E-state index in [2.05, 4.69) is 34.9 Å². The molecule has 1 heterocycles. The highest BCUT2D eigenvalue weighted by atomic mass is 16.2. The Labute approximate surface area is 132 Å². The molecule has 22 heavy (non-hydrogen) atoms. The maximum Gasteiger partial charge on any atom is 0.228 e. The zero-order valence-corrected chi connectivity index (χ0v) is 13.1. The highest BCUT2D eigenvalue weighted by Gasteiger charge is 2.54. The molecule has 1 aromatic carbocycles. The Bertz CT molecular complexity index is 513. The fraction of sp³-hybridized carbons (Fsp3) is 0.632. The molecule has 2 N–H and O–H groups in total. The average Bonchev–Trinajstić information content (AvgIpc) is 2.98. The van der Waals surface area contributed by atoms with E-state index in [1.807, 2.05) is 6.07 Å². The summed E-state index contributed by atoms with van der Waals surface area (Å²) in [7, 11) is 0. The van der Waals surface area contributed by atoms with Gasteiger partial charge < -0.3 is 10.6 Å². The second kappa shape index (κ2) is 6.04. The Kier molecular flexibility index (Phi) is 3.91. The molecule has 3 fully saturated rings. The average molecular weight is 298 g/mol. The summed E-state index contributed by atoms with van der Waals surface area (Å²) in [4.78, 5) is 13.0. The molecule has 2 saturated carbocycles. The van der Waals surface area contributed by atoms with Crippen molar-refractivity contribution < 1.29 is 4.79 Å². The van der Waals surface area contributed by atoms with E-state index in [4.69, 9.17) is 0 Å². The van der Waals surface area contributed by atoms with Gasteiger partial charge in [0.1, 0.15) is 0 Å². The molecule has 1 aromatic rings. The van der Waals surface area contributed by atoms with Gasteiger partial charge in [-0.15, -0.1) is 0 Å². The number of benzene rings is 1. The Morgan fingerprint density at radius 1 is 1.05 bits per heavy atom. The molecule has 3 nitrogen and oxygen atoms in total. The summed E-state index contributed by atoms with van der Waals surface area (Å²) in [5.41, 5.74) is 1.20. The van der Waals surface area contributed by atoms with Gasteiger partial charge in [0.05, 0.1) is 5.92 Å². The Morgan fingerprint density at radius 2 is 1.73 bits per heavy atom. The van der Waals surface area contributed by atoms with Gasteiger partial charge in [-0.1, -0.05) is 49.6 Å². The topological polar surface area (TPSA) is 41.1 Å². The SMILES string of the molecule is O=C(NC1C2CNCC21)C(c1ccccc1)C1CCCCC1. The van der Waals surface area contributed by atoms with Crippen molar-refractivity contribution in [1.29, 1.82) is 0 Å². The Hall–Kier alpha value is -1.35. The molecular weight excluding hydrogens is 272 g/mol. The number of amides is 1. The van der Waals surface area contributed by atoms with Gasteiger partial charge in [0.2, 0.25) is 5.91 Å². The van der Waals surface area contributed by atoms with Crippen LogP contribution < -0.4 is 10.6 Å². The summed E-state index contributed by atoms with van der Waals surface area (Å²) < 4.78 is 0. The molecule has 4 rings (SSSR count). The highest BCUT2D eigenvalue weighted by molar-refractivity contribution is 5.84. The van der Waals surface area contributed by atoms with Crippen molar-refractivity contribution in [2.24, 2.45) is 17.8 Å². The number of nitrogens with one attached hydrogen (secondary N) is 2. The predicted octanol–water partition coefficient (Wildman–Crippen LogP) is 2.68. The normalized spacial score (nSPS) is 32.3. The molecule has 118 valence electrons. The lowest BCUT2D eigenvalue weighted by Crippen LogP contribution is -2.38. The zero-order chi connectivity index (χ0) is 14.9. The summed E-state index contributed by atoms with van der Waals surface area (Å²) >= 11 is 0. The largest absolute Gasteiger partial charge is 0.352 e. The van der Waals surface area contributed by atoms with E-state index in [9.17, 15) is 4.79 Å². The van der Waals surface area contributed by atoms with Crippen molar-refractivity contribution in [3.05, 3.63) is 35.9 Å². The van der Waals surface area contributed by atoms with Gasteiger partial charge >= 0.3 is 0 Å². The van der Waals surface area contributed by atoms with Gasteiger partial charge in [-0.25, -0.2) is 0 Å². The number of carbonyl (C=O) groups excluding carboxylic acids is 1. The van der Waals surface area contributed by atoms with Crippen LogP contribution in [-0.4, -0.2) is 25.0 Å².